The van der Waals surface area contributed by atoms with Crippen LogP contribution in [0.25, 0.3) is 10.2 Å². The van der Waals surface area contributed by atoms with Gasteiger partial charge >= 0.3 is 0 Å². The molecule has 0 saturated carbocycles. The number of fused-ring (bicyclic) bond motifs is 1. The summed E-state index contributed by atoms with van der Waals surface area (Å²) in [4.78, 5) is 33.4. The van der Waals surface area contributed by atoms with E-state index in [9.17, 15) is 9.59 Å². The van der Waals surface area contributed by atoms with Crippen molar-refractivity contribution in [1.82, 2.24) is 14.5 Å². The maximum atomic E-state index is 12.7. The fourth-order valence-corrected chi connectivity index (χ4v) is 4.28. The third kappa shape index (κ3) is 2.79. The van der Waals surface area contributed by atoms with E-state index in [1.807, 2.05) is 17.2 Å². The molecule has 1 aliphatic rings. The van der Waals surface area contributed by atoms with Crippen molar-refractivity contribution in [3.05, 3.63) is 21.3 Å². The second-order valence-electron chi connectivity index (χ2n) is 5.36. The van der Waals surface area contributed by atoms with Crippen LogP contribution in [0.5, 0.6) is 0 Å². The van der Waals surface area contributed by atoms with Crippen LogP contribution in [0.2, 0.25) is 0 Å². The molecule has 1 aliphatic heterocycles. The largest absolute Gasteiger partial charge is 0.341 e. The minimum Gasteiger partial charge on any atom is -0.341 e. The molecule has 1 fully saturated rings. The highest BCUT2D eigenvalue weighted by atomic mass is 32.2. The Balaban J connectivity index is 2.01. The summed E-state index contributed by atoms with van der Waals surface area (Å²) < 4.78 is 1.53. The van der Waals surface area contributed by atoms with Crippen molar-refractivity contribution in [3.63, 3.8) is 0 Å². The third-order valence-corrected chi connectivity index (χ3v) is 5.80. The minimum absolute atomic E-state index is 0.0157. The molecule has 5 nitrogen and oxygen atoms in total. The summed E-state index contributed by atoms with van der Waals surface area (Å²) in [6, 6.07) is 1.91. The molecule has 0 N–H and O–H groups in total. The average Bonchev–Trinajstić information content (AvgIpc) is 3.18. The van der Waals surface area contributed by atoms with Gasteiger partial charge in [-0.15, -0.1) is 11.3 Å². The number of hydrogen-bond acceptors (Lipinski definition) is 5. The van der Waals surface area contributed by atoms with Gasteiger partial charge < -0.3 is 4.90 Å². The number of carbonyl (C=O) groups excluding carboxylic acids is 1. The number of thiophene rings is 1. The molecule has 0 aromatic carbocycles. The Labute approximate surface area is 137 Å². The molecule has 0 spiro atoms. The van der Waals surface area contributed by atoms with E-state index in [1.165, 1.54) is 16.3 Å². The van der Waals surface area contributed by atoms with Crippen LogP contribution in [0.3, 0.4) is 0 Å². The van der Waals surface area contributed by atoms with Gasteiger partial charge in [0.05, 0.1) is 5.39 Å². The Kier molecular flexibility index (Phi) is 4.54. The highest BCUT2D eigenvalue weighted by molar-refractivity contribution is 7.98. The maximum Gasteiger partial charge on any atom is 0.263 e. The fourth-order valence-electron chi connectivity index (χ4n) is 2.72. The highest BCUT2D eigenvalue weighted by Gasteiger charge is 2.21. The minimum atomic E-state index is -0.0992. The van der Waals surface area contributed by atoms with E-state index in [2.05, 4.69) is 11.9 Å². The van der Waals surface area contributed by atoms with E-state index in [4.69, 9.17) is 0 Å². The Hall–Kier alpha value is -1.34. The first-order chi connectivity index (χ1) is 10.6. The van der Waals surface area contributed by atoms with E-state index in [-0.39, 0.29) is 18.0 Å². The SMILES string of the molecule is CCc1cc2c(=O)n(CC(=O)N3CCCC3)c(SC)nc2s1. The molecule has 0 unspecified atom stereocenters. The smallest absolute Gasteiger partial charge is 0.263 e. The summed E-state index contributed by atoms with van der Waals surface area (Å²) in [5.74, 6) is 0.0157. The third-order valence-electron chi connectivity index (χ3n) is 3.95. The highest BCUT2D eigenvalue weighted by Crippen LogP contribution is 2.24. The quantitative estimate of drug-likeness (QED) is 0.635. The van der Waals surface area contributed by atoms with Gasteiger partial charge in [-0.05, 0) is 31.6 Å². The number of aromatic nitrogens is 2. The van der Waals surface area contributed by atoms with Gasteiger partial charge in [0.1, 0.15) is 11.4 Å². The Morgan fingerprint density at radius 3 is 2.77 bits per heavy atom. The van der Waals surface area contributed by atoms with Crippen LogP contribution in [0.15, 0.2) is 16.0 Å². The normalized spacial score (nSPS) is 14.9. The van der Waals surface area contributed by atoms with Crippen LogP contribution in [0.4, 0.5) is 0 Å². The fraction of sp³-hybridized carbons (Fsp3) is 0.533. The summed E-state index contributed by atoms with van der Waals surface area (Å²) in [5.41, 5.74) is -0.0992. The molecule has 1 saturated heterocycles. The zero-order chi connectivity index (χ0) is 15.7. The van der Waals surface area contributed by atoms with Crippen molar-refractivity contribution < 1.29 is 4.79 Å². The standard InChI is InChI=1S/C15H19N3O2S2/c1-3-10-8-11-13(22-10)16-15(21-2)18(14(11)20)9-12(19)17-6-4-5-7-17/h8H,3-7,9H2,1-2H3. The zero-order valence-corrected chi connectivity index (χ0v) is 14.4. The van der Waals surface area contributed by atoms with Crippen molar-refractivity contribution in [1.29, 1.82) is 0 Å². The topological polar surface area (TPSA) is 55.2 Å². The molecule has 0 radical (unpaired) electrons. The lowest BCUT2D eigenvalue weighted by molar-refractivity contribution is -0.130. The molecule has 2 aromatic heterocycles. The van der Waals surface area contributed by atoms with E-state index < -0.39 is 0 Å². The first kappa shape index (κ1) is 15.6. The van der Waals surface area contributed by atoms with Crippen LogP contribution in [-0.2, 0) is 17.8 Å². The molecule has 1 amide bonds. The summed E-state index contributed by atoms with van der Waals surface area (Å²) in [5, 5.41) is 1.25. The van der Waals surface area contributed by atoms with Crippen molar-refractivity contribution in [2.75, 3.05) is 19.3 Å². The van der Waals surface area contributed by atoms with Gasteiger partial charge in [0, 0.05) is 18.0 Å². The van der Waals surface area contributed by atoms with Crippen LogP contribution < -0.4 is 5.56 Å². The van der Waals surface area contributed by atoms with E-state index >= 15 is 0 Å². The van der Waals surface area contributed by atoms with Gasteiger partial charge in [0.25, 0.3) is 5.56 Å². The molecule has 7 heteroatoms. The molecule has 118 valence electrons. The monoisotopic (exact) mass is 337 g/mol. The number of nitrogens with zero attached hydrogens (tertiary/aromatic N) is 3. The molecule has 0 atom stereocenters. The summed E-state index contributed by atoms with van der Waals surface area (Å²) in [6.45, 7) is 3.76. The van der Waals surface area contributed by atoms with Gasteiger partial charge in [-0.25, -0.2) is 4.98 Å². The zero-order valence-electron chi connectivity index (χ0n) is 12.8. The molecule has 3 rings (SSSR count). The lowest BCUT2D eigenvalue weighted by atomic mass is 10.3. The molecule has 2 aromatic rings. The van der Waals surface area contributed by atoms with Crippen LogP contribution in [0, 0.1) is 0 Å². The number of thioether (sulfide) groups is 1. The number of likely N-dealkylation sites (tertiary alicyclic amines) is 1. The van der Waals surface area contributed by atoms with Crippen molar-refractivity contribution >= 4 is 39.2 Å². The van der Waals surface area contributed by atoms with Crippen molar-refractivity contribution in [2.45, 2.75) is 37.9 Å². The lowest BCUT2D eigenvalue weighted by Crippen LogP contribution is -2.35. The number of carbonyl (C=O) groups is 1. The summed E-state index contributed by atoms with van der Waals surface area (Å²) >= 11 is 2.97. The van der Waals surface area contributed by atoms with Gasteiger partial charge in [-0.2, -0.15) is 0 Å². The van der Waals surface area contributed by atoms with Crippen LogP contribution in [0.1, 0.15) is 24.6 Å². The summed E-state index contributed by atoms with van der Waals surface area (Å²) in [6.07, 6.45) is 4.88. The predicted molar refractivity (Wildman–Crippen MR) is 90.9 cm³/mol. The van der Waals surface area contributed by atoms with Gasteiger partial charge in [-0.3, -0.25) is 14.2 Å². The number of aryl methyl sites for hydroxylation is 1. The maximum absolute atomic E-state index is 12.7. The number of amides is 1. The molecule has 0 aliphatic carbocycles. The first-order valence-electron chi connectivity index (χ1n) is 7.49. The van der Waals surface area contributed by atoms with E-state index in [1.54, 1.807) is 11.3 Å². The first-order valence-corrected chi connectivity index (χ1v) is 9.53. The molecule has 22 heavy (non-hydrogen) atoms. The number of hydrogen-bond donors (Lipinski definition) is 0. The Bertz CT molecular complexity index is 760. The molecule has 0 bridgehead atoms. The molecular formula is C15H19N3O2S2. The van der Waals surface area contributed by atoms with Crippen LogP contribution >= 0.6 is 23.1 Å². The van der Waals surface area contributed by atoms with Crippen molar-refractivity contribution in [3.8, 4) is 0 Å². The average molecular weight is 337 g/mol. The second-order valence-corrected chi connectivity index (χ2v) is 7.25. The van der Waals surface area contributed by atoms with Crippen molar-refractivity contribution in [2.24, 2.45) is 0 Å². The summed E-state index contributed by atoms with van der Waals surface area (Å²) in [7, 11) is 0. The van der Waals surface area contributed by atoms with Gasteiger partial charge in [0.2, 0.25) is 5.91 Å². The predicted octanol–water partition coefficient (Wildman–Crippen LogP) is 2.36. The Morgan fingerprint density at radius 2 is 2.14 bits per heavy atom. The number of rotatable bonds is 4. The van der Waals surface area contributed by atoms with Gasteiger partial charge in [0.15, 0.2) is 5.16 Å². The Morgan fingerprint density at radius 1 is 1.41 bits per heavy atom. The lowest BCUT2D eigenvalue weighted by Gasteiger charge is -2.17. The van der Waals surface area contributed by atoms with E-state index in [0.29, 0.717) is 10.5 Å². The second kappa shape index (κ2) is 6.42. The molecule has 3 heterocycles. The van der Waals surface area contributed by atoms with E-state index in [0.717, 1.165) is 42.1 Å². The van der Waals surface area contributed by atoms with Gasteiger partial charge in [-0.1, -0.05) is 18.7 Å². The van der Waals surface area contributed by atoms with Crippen LogP contribution in [-0.4, -0.2) is 39.7 Å². The molecular weight excluding hydrogens is 318 g/mol.